The fraction of sp³-hybridized carbons (Fsp3) is 0.278. The highest BCUT2D eigenvalue weighted by Gasteiger charge is 2.05. The second kappa shape index (κ2) is 9.08. The molecule has 0 aliphatic rings. The molecule has 2 aromatic rings. The number of hydrogen-bond donors (Lipinski definition) is 2. The molecule has 0 aromatic heterocycles. The van der Waals surface area contributed by atoms with Crippen LogP contribution in [0, 0.1) is 6.92 Å². The number of nitrogens with two attached hydrogens (primary N) is 1. The number of methoxy groups -OCH3 is 2. The SMILES string of the molecule is COc1ccc(NC(N)=NCCSc2ccc(C)cc2)cc1OC. The van der Waals surface area contributed by atoms with Crippen molar-refractivity contribution in [2.45, 2.75) is 11.8 Å². The van der Waals surface area contributed by atoms with Crippen LogP contribution in [0.4, 0.5) is 5.69 Å². The highest BCUT2D eigenvalue weighted by atomic mass is 32.2. The zero-order chi connectivity index (χ0) is 17.4. The van der Waals surface area contributed by atoms with Crippen molar-refractivity contribution in [1.29, 1.82) is 0 Å². The molecule has 0 saturated carbocycles. The van der Waals surface area contributed by atoms with E-state index in [-0.39, 0.29) is 0 Å². The first-order valence-corrected chi connectivity index (χ1v) is 8.59. The minimum atomic E-state index is 0.381. The van der Waals surface area contributed by atoms with Gasteiger partial charge in [-0.1, -0.05) is 17.7 Å². The third-order valence-electron chi connectivity index (χ3n) is 3.32. The van der Waals surface area contributed by atoms with Gasteiger partial charge in [-0.2, -0.15) is 0 Å². The van der Waals surface area contributed by atoms with Gasteiger partial charge in [0.25, 0.3) is 0 Å². The van der Waals surface area contributed by atoms with Gasteiger partial charge in [0.05, 0.1) is 20.8 Å². The van der Waals surface area contributed by atoms with Crippen LogP contribution in [0.5, 0.6) is 11.5 Å². The summed E-state index contributed by atoms with van der Waals surface area (Å²) >= 11 is 1.76. The van der Waals surface area contributed by atoms with E-state index in [1.54, 1.807) is 26.0 Å². The monoisotopic (exact) mass is 345 g/mol. The number of rotatable bonds is 7. The van der Waals surface area contributed by atoms with E-state index in [1.165, 1.54) is 10.5 Å². The van der Waals surface area contributed by atoms with Crippen LogP contribution in [0.1, 0.15) is 5.56 Å². The summed E-state index contributed by atoms with van der Waals surface area (Å²) in [6.07, 6.45) is 0. The van der Waals surface area contributed by atoms with Gasteiger partial charge in [-0.05, 0) is 31.2 Å². The molecule has 3 N–H and O–H groups in total. The molecule has 6 heteroatoms. The number of benzene rings is 2. The van der Waals surface area contributed by atoms with Crippen LogP contribution < -0.4 is 20.5 Å². The Labute approximate surface area is 147 Å². The Morgan fingerprint density at radius 1 is 1.08 bits per heavy atom. The normalized spacial score (nSPS) is 11.2. The number of anilines is 1. The van der Waals surface area contributed by atoms with E-state index in [1.807, 2.05) is 18.2 Å². The van der Waals surface area contributed by atoms with Crippen molar-refractivity contribution in [3.63, 3.8) is 0 Å². The van der Waals surface area contributed by atoms with Crippen LogP contribution >= 0.6 is 11.8 Å². The van der Waals surface area contributed by atoms with Crippen LogP contribution in [-0.4, -0.2) is 32.5 Å². The zero-order valence-corrected chi connectivity index (χ0v) is 15.0. The summed E-state index contributed by atoms with van der Waals surface area (Å²) in [5, 5.41) is 3.06. The third-order valence-corrected chi connectivity index (χ3v) is 4.31. The van der Waals surface area contributed by atoms with Crippen LogP contribution in [-0.2, 0) is 0 Å². The number of aliphatic imine (C=N–C) groups is 1. The zero-order valence-electron chi connectivity index (χ0n) is 14.2. The van der Waals surface area contributed by atoms with Gasteiger partial charge in [-0.15, -0.1) is 11.8 Å². The van der Waals surface area contributed by atoms with Crippen LogP contribution in [0.25, 0.3) is 0 Å². The fourth-order valence-electron chi connectivity index (χ4n) is 2.07. The molecule has 0 fully saturated rings. The van der Waals surface area contributed by atoms with E-state index in [0.717, 1.165) is 11.4 Å². The summed E-state index contributed by atoms with van der Waals surface area (Å²) < 4.78 is 10.5. The molecule has 0 bridgehead atoms. The van der Waals surface area contributed by atoms with Crippen molar-refractivity contribution >= 4 is 23.4 Å². The maximum atomic E-state index is 5.92. The fourth-order valence-corrected chi connectivity index (χ4v) is 2.81. The predicted octanol–water partition coefficient (Wildman–Crippen LogP) is 3.53. The van der Waals surface area contributed by atoms with Crippen molar-refractivity contribution in [1.82, 2.24) is 0 Å². The summed E-state index contributed by atoms with van der Waals surface area (Å²) in [4.78, 5) is 5.58. The Morgan fingerprint density at radius 2 is 1.79 bits per heavy atom. The molecule has 24 heavy (non-hydrogen) atoms. The summed E-state index contributed by atoms with van der Waals surface area (Å²) in [6, 6.07) is 14.0. The first kappa shape index (κ1) is 18.0. The number of ether oxygens (including phenoxy) is 2. The molecule has 0 saturated heterocycles. The van der Waals surface area contributed by atoms with Gasteiger partial charge in [-0.3, -0.25) is 4.99 Å². The Kier molecular flexibility index (Phi) is 6.81. The Balaban J connectivity index is 1.84. The van der Waals surface area contributed by atoms with Crippen molar-refractivity contribution in [2.75, 3.05) is 31.8 Å². The van der Waals surface area contributed by atoms with E-state index >= 15 is 0 Å². The van der Waals surface area contributed by atoms with Crippen LogP contribution in [0.15, 0.2) is 52.4 Å². The number of guanidine groups is 1. The smallest absolute Gasteiger partial charge is 0.193 e. The van der Waals surface area contributed by atoms with Crippen molar-refractivity contribution < 1.29 is 9.47 Å². The van der Waals surface area contributed by atoms with Gasteiger partial charge in [0, 0.05) is 22.4 Å². The molecule has 0 radical (unpaired) electrons. The first-order chi connectivity index (χ1) is 11.6. The molecule has 0 amide bonds. The van der Waals surface area contributed by atoms with E-state index in [0.29, 0.717) is 24.0 Å². The summed E-state index contributed by atoms with van der Waals surface area (Å²) in [5.74, 6) is 2.57. The number of hydrogen-bond acceptors (Lipinski definition) is 4. The van der Waals surface area contributed by atoms with Crippen LogP contribution in [0.3, 0.4) is 0 Å². The van der Waals surface area contributed by atoms with Gasteiger partial charge in [0.15, 0.2) is 17.5 Å². The van der Waals surface area contributed by atoms with Gasteiger partial charge >= 0.3 is 0 Å². The van der Waals surface area contributed by atoms with Gasteiger partial charge in [-0.25, -0.2) is 0 Å². The molecule has 0 aliphatic carbocycles. The molecule has 0 unspecified atom stereocenters. The lowest BCUT2D eigenvalue weighted by Gasteiger charge is -2.10. The minimum absolute atomic E-state index is 0.381. The summed E-state index contributed by atoms with van der Waals surface area (Å²) in [6.45, 7) is 2.73. The lowest BCUT2D eigenvalue weighted by molar-refractivity contribution is 0.355. The first-order valence-electron chi connectivity index (χ1n) is 7.61. The van der Waals surface area contributed by atoms with Gasteiger partial charge in [0.2, 0.25) is 0 Å². The average Bonchev–Trinajstić information content (AvgIpc) is 2.60. The Hall–Kier alpha value is -2.34. The van der Waals surface area contributed by atoms with Crippen molar-refractivity contribution in [3.8, 4) is 11.5 Å². The minimum Gasteiger partial charge on any atom is -0.493 e. The molecule has 128 valence electrons. The molecule has 5 nitrogen and oxygen atoms in total. The highest BCUT2D eigenvalue weighted by Crippen LogP contribution is 2.29. The molecule has 0 spiro atoms. The summed E-state index contributed by atoms with van der Waals surface area (Å²) in [5.41, 5.74) is 7.99. The number of nitrogens with one attached hydrogen (secondary N) is 1. The highest BCUT2D eigenvalue weighted by molar-refractivity contribution is 7.99. The number of aryl methyl sites for hydroxylation is 1. The van der Waals surface area contributed by atoms with E-state index < -0.39 is 0 Å². The molecular formula is C18H23N3O2S. The maximum Gasteiger partial charge on any atom is 0.193 e. The maximum absolute atomic E-state index is 5.92. The van der Waals surface area contributed by atoms with E-state index in [4.69, 9.17) is 15.2 Å². The molecular weight excluding hydrogens is 322 g/mol. The molecule has 0 heterocycles. The lowest BCUT2D eigenvalue weighted by atomic mass is 10.2. The topological polar surface area (TPSA) is 68.9 Å². The van der Waals surface area contributed by atoms with Crippen molar-refractivity contribution in [3.05, 3.63) is 48.0 Å². The number of thioether (sulfide) groups is 1. The van der Waals surface area contributed by atoms with Crippen LogP contribution in [0.2, 0.25) is 0 Å². The molecule has 2 aromatic carbocycles. The van der Waals surface area contributed by atoms with Gasteiger partial charge in [0.1, 0.15) is 0 Å². The molecule has 0 aliphatic heterocycles. The largest absolute Gasteiger partial charge is 0.493 e. The Morgan fingerprint density at radius 3 is 2.46 bits per heavy atom. The third kappa shape index (κ3) is 5.38. The van der Waals surface area contributed by atoms with E-state index in [2.05, 4.69) is 41.5 Å². The second-order valence-electron chi connectivity index (χ2n) is 5.12. The van der Waals surface area contributed by atoms with Gasteiger partial charge < -0.3 is 20.5 Å². The second-order valence-corrected chi connectivity index (χ2v) is 6.29. The van der Waals surface area contributed by atoms with Crippen molar-refractivity contribution in [2.24, 2.45) is 10.7 Å². The quantitative estimate of drug-likeness (QED) is 0.348. The Bertz CT molecular complexity index is 687. The van der Waals surface area contributed by atoms with E-state index in [9.17, 15) is 0 Å². The number of nitrogens with zero attached hydrogens (tertiary/aromatic N) is 1. The average molecular weight is 345 g/mol. The standard InChI is InChI=1S/C18H23N3O2S/c1-13-4-7-15(8-5-13)24-11-10-20-18(19)21-14-6-9-16(22-2)17(12-14)23-3/h4-9,12H,10-11H2,1-3H3,(H3,19,20,21). The lowest BCUT2D eigenvalue weighted by Crippen LogP contribution is -2.23. The molecule has 2 rings (SSSR count). The predicted molar refractivity (Wildman–Crippen MR) is 102 cm³/mol. The summed E-state index contributed by atoms with van der Waals surface area (Å²) in [7, 11) is 3.20. The molecule has 0 atom stereocenters.